The minimum absolute atomic E-state index is 0.178. The van der Waals surface area contributed by atoms with Crippen LogP contribution in [0.4, 0.5) is 0 Å². The van der Waals surface area contributed by atoms with Gasteiger partial charge >= 0.3 is 0 Å². The van der Waals surface area contributed by atoms with Gasteiger partial charge in [-0.2, -0.15) is 0 Å². The largest absolute Gasteiger partial charge is 0.355 e. The molecule has 82 valence electrons. The van der Waals surface area contributed by atoms with Gasteiger partial charge in [0.15, 0.2) is 0 Å². The second-order valence-corrected chi connectivity index (χ2v) is 5.74. The Morgan fingerprint density at radius 1 is 1.36 bits per heavy atom. The second kappa shape index (κ2) is 4.33. The van der Waals surface area contributed by atoms with Gasteiger partial charge in [0.05, 0.1) is 0 Å². The number of rotatable bonds is 2. The maximum atomic E-state index is 11.6. The molecule has 0 bridgehead atoms. The lowest BCUT2D eigenvalue weighted by Gasteiger charge is -2.19. The molecule has 2 heteroatoms. The Bertz CT molecular complexity index is 205. The lowest BCUT2D eigenvalue weighted by atomic mass is 9.95. The Hall–Kier alpha value is -0.530. The maximum Gasteiger partial charge on any atom is 0.225 e. The van der Waals surface area contributed by atoms with E-state index in [1.54, 1.807) is 0 Å². The van der Waals surface area contributed by atoms with E-state index in [4.69, 9.17) is 0 Å². The van der Waals surface area contributed by atoms with Crippen molar-refractivity contribution in [3.63, 3.8) is 0 Å². The number of carbonyl (C=O) groups is 1. The van der Waals surface area contributed by atoms with Crippen molar-refractivity contribution >= 4 is 5.91 Å². The van der Waals surface area contributed by atoms with Gasteiger partial charge in [0.25, 0.3) is 0 Å². The van der Waals surface area contributed by atoms with Crippen LogP contribution >= 0.6 is 0 Å². The summed E-state index contributed by atoms with van der Waals surface area (Å²) in [7, 11) is 0. The molecule has 14 heavy (non-hydrogen) atoms. The highest BCUT2D eigenvalue weighted by molar-refractivity contribution is 5.81. The predicted molar refractivity (Wildman–Crippen MR) is 59.0 cm³/mol. The summed E-state index contributed by atoms with van der Waals surface area (Å²) < 4.78 is 0. The van der Waals surface area contributed by atoms with E-state index in [1.807, 2.05) is 20.8 Å². The van der Waals surface area contributed by atoms with E-state index in [0.29, 0.717) is 0 Å². The Morgan fingerprint density at radius 3 is 2.43 bits per heavy atom. The van der Waals surface area contributed by atoms with E-state index >= 15 is 0 Å². The molecule has 1 aliphatic carbocycles. The summed E-state index contributed by atoms with van der Waals surface area (Å²) >= 11 is 0. The standard InChI is InChI=1S/C12H23NO/c1-9-5-6-10(7-9)8-13-11(14)12(2,3)4/h9-10H,5-8H2,1-4H3,(H,13,14). The number of carbonyl (C=O) groups excluding carboxylic acids is 1. The van der Waals surface area contributed by atoms with Crippen molar-refractivity contribution in [2.75, 3.05) is 6.54 Å². The smallest absolute Gasteiger partial charge is 0.225 e. The minimum Gasteiger partial charge on any atom is -0.355 e. The Kier molecular flexibility index (Phi) is 3.57. The molecular formula is C12H23NO. The molecule has 1 fully saturated rings. The van der Waals surface area contributed by atoms with Crippen molar-refractivity contribution in [1.82, 2.24) is 5.32 Å². The van der Waals surface area contributed by atoms with Crippen molar-refractivity contribution < 1.29 is 4.79 Å². The molecule has 0 aromatic carbocycles. The molecule has 0 aromatic rings. The quantitative estimate of drug-likeness (QED) is 0.724. The molecule has 0 radical (unpaired) electrons. The van der Waals surface area contributed by atoms with Gasteiger partial charge in [-0.25, -0.2) is 0 Å². The van der Waals surface area contributed by atoms with Crippen molar-refractivity contribution in [1.29, 1.82) is 0 Å². The van der Waals surface area contributed by atoms with Crippen LogP contribution in [0.1, 0.15) is 47.0 Å². The third-order valence-corrected chi connectivity index (χ3v) is 3.04. The van der Waals surface area contributed by atoms with Crippen molar-refractivity contribution in [2.24, 2.45) is 17.3 Å². The molecule has 1 amide bonds. The van der Waals surface area contributed by atoms with Crippen LogP contribution in [0, 0.1) is 17.3 Å². The summed E-state index contributed by atoms with van der Waals surface area (Å²) in [5.41, 5.74) is -0.246. The topological polar surface area (TPSA) is 29.1 Å². The number of nitrogens with one attached hydrogen (secondary N) is 1. The SMILES string of the molecule is CC1CCC(CNC(=O)C(C)(C)C)C1. The first-order valence-electron chi connectivity index (χ1n) is 5.68. The fraction of sp³-hybridized carbons (Fsp3) is 0.917. The summed E-state index contributed by atoms with van der Waals surface area (Å²) in [6, 6.07) is 0. The molecule has 1 N–H and O–H groups in total. The van der Waals surface area contributed by atoms with Gasteiger partial charge in [0, 0.05) is 12.0 Å². The molecule has 1 saturated carbocycles. The molecule has 2 unspecified atom stereocenters. The van der Waals surface area contributed by atoms with Gasteiger partial charge in [-0.3, -0.25) is 4.79 Å². The summed E-state index contributed by atoms with van der Waals surface area (Å²) in [5, 5.41) is 3.05. The zero-order valence-corrected chi connectivity index (χ0v) is 9.89. The average Bonchev–Trinajstić information content (AvgIpc) is 2.45. The first-order chi connectivity index (χ1) is 6.39. The maximum absolute atomic E-state index is 11.6. The Balaban J connectivity index is 2.24. The summed E-state index contributed by atoms with van der Waals surface area (Å²) in [6.45, 7) is 9.05. The van der Waals surface area contributed by atoms with Crippen LogP contribution in [-0.4, -0.2) is 12.5 Å². The number of hydrogen-bond acceptors (Lipinski definition) is 1. The van der Waals surface area contributed by atoms with E-state index in [-0.39, 0.29) is 11.3 Å². The van der Waals surface area contributed by atoms with Crippen LogP contribution in [0.25, 0.3) is 0 Å². The average molecular weight is 197 g/mol. The van der Waals surface area contributed by atoms with Gasteiger partial charge < -0.3 is 5.32 Å². The summed E-state index contributed by atoms with van der Waals surface area (Å²) in [6.07, 6.45) is 3.89. The van der Waals surface area contributed by atoms with E-state index in [1.165, 1.54) is 19.3 Å². The highest BCUT2D eigenvalue weighted by Gasteiger charge is 2.25. The van der Waals surface area contributed by atoms with Crippen LogP contribution < -0.4 is 5.32 Å². The molecule has 2 nitrogen and oxygen atoms in total. The van der Waals surface area contributed by atoms with Crippen LogP contribution in [0.15, 0.2) is 0 Å². The molecule has 0 spiro atoms. The zero-order valence-electron chi connectivity index (χ0n) is 9.89. The molecule has 0 saturated heterocycles. The van der Waals surface area contributed by atoms with Gasteiger partial charge in [0.2, 0.25) is 5.91 Å². The molecule has 2 atom stereocenters. The molecule has 1 rings (SSSR count). The number of amides is 1. The van der Waals surface area contributed by atoms with Gasteiger partial charge in [-0.05, 0) is 24.7 Å². The fourth-order valence-corrected chi connectivity index (χ4v) is 2.01. The van der Waals surface area contributed by atoms with Gasteiger partial charge in [0.1, 0.15) is 0 Å². The van der Waals surface area contributed by atoms with Crippen LogP contribution in [0.3, 0.4) is 0 Å². The monoisotopic (exact) mass is 197 g/mol. The Labute approximate surface area is 87.5 Å². The first kappa shape index (κ1) is 11.5. The molecule has 0 heterocycles. The van der Waals surface area contributed by atoms with Crippen LogP contribution in [0.5, 0.6) is 0 Å². The van der Waals surface area contributed by atoms with Crippen molar-refractivity contribution in [2.45, 2.75) is 47.0 Å². The summed E-state index contributed by atoms with van der Waals surface area (Å²) in [5.74, 6) is 1.75. The third-order valence-electron chi connectivity index (χ3n) is 3.04. The third kappa shape index (κ3) is 3.32. The van der Waals surface area contributed by atoms with Gasteiger partial charge in [-0.15, -0.1) is 0 Å². The van der Waals surface area contributed by atoms with Gasteiger partial charge in [-0.1, -0.05) is 34.1 Å². The summed E-state index contributed by atoms with van der Waals surface area (Å²) in [4.78, 5) is 11.6. The second-order valence-electron chi connectivity index (χ2n) is 5.74. The highest BCUT2D eigenvalue weighted by Crippen LogP contribution is 2.29. The molecule has 1 aliphatic rings. The van der Waals surface area contributed by atoms with E-state index in [9.17, 15) is 4.79 Å². The highest BCUT2D eigenvalue weighted by atomic mass is 16.2. The van der Waals surface area contributed by atoms with E-state index in [2.05, 4.69) is 12.2 Å². The number of hydrogen-bond donors (Lipinski definition) is 1. The lowest BCUT2D eigenvalue weighted by molar-refractivity contribution is -0.128. The van der Waals surface area contributed by atoms with Crippen LogP contribution in [0.2, 0.25) is 0 Å². The molecule has 0 aromatic heterocycles. The zero-order chi connectivity index (χ0) is 10.8. The van der Waals surface area contributed by atoms with Crippen LogP contribution in [-0.2, 0) is 4.79 Å². The molecular weight excluding hydrogens is 174 g/mol. The predicted octanol–water partition coefficient (Wildman–Crippen LogP) is 2.58. The first-order valence-corrected chi connectivity index (χ1v) is 5.68. The fourth-order valence-electron chi connectivity index (χ4n) is 2.01. The van der Waals surface area contributed by atoms with Crippen molar-refractivity contribution in [3.05, 3.63) is 0 Å². The molecule has 0 aliphatic heterocycles. The van der Waals surface area contributed by atoms with E-state index in [0.717, 1.165) is 18.4 Å². The normalized spacial score (nSPS) is 27.7. The van der Waals surface area contributed by atoms with Crippen molar-refractivity contribution in [3.8, 4) is 0 Å². The van der Waals surface area contributed by atoms with E-state index < -0.39 is 0 Å². The lowest BCUT2D eigenvalue weighted by Crippen LogP contribution is -2.37. The Morgan fingerprint density at radius 2 is 2.00 bits per heavy atom. The minimum atomic E-state index is -0.246.